The molecule has 2 heterocycles. The summed E-state index contributed by atoms with van der Waals surface area (Å²) in [5.41, 5.74) is 3.84. The number of halogens is 2. The van der Waals surface area contributed by atoms with Gasteiger partial charge in [-0.2, -0.15) is 0 Å². The molecule has 4 rings (SSSR count). The summed E-state index contributed by atoms with van der Waals surface area (Å²) in [5.74, 6) is -0.124. The maximum absolute atomic E-state index is 13.4. The van der Waals surface area contributed by atoms with Crippen molar-refractivity contribution in [3.63, 3.8) is 0 Å². The van der Waals surface area contributed by atoms with E-state index in [1.54, 1.807) is 34.8 Å². The zero-order valence-corrected chi connectivity index (χ0v) is 19.8. The van der Waals surface area contributed by atoms with E-state index in [0.717, 1.165) is 26.6 Å². The molecule has 0 saturated heterocycles. The zero-order chi connectivity index (χ0) is 18.6. The lowest BCUT2D eigenvalue weighted by Gasteiger charge is -2.21. The number of thiophene rings is 2. The highest BCUT2D eigenvalue weighted by Crippen LogP contribution is 2.43. The molecule has 0 radical (unpaired) electrons. The largest absolute Gasteiger partial charge is 0.289 e. The minimum Gasteiger partial charge on any atom is -0.289 e. The smallest absolute Gasteiger partial charge is 0.195 e. The number of carbonyl (C=O) groups is 2. The van der Waals surface area contributed by atoms with Gasteiger partial charge in [0.15, 0.2) is 11.6 Å². The van der Waals surface area contributed by atoms with Crippen LogP contribution >= 0.6 is 67.9 Å². The molecule has 2 aromatic heterocycles. The fourth-order valence-corrected chi connectivity index (χ4v) is 7.36. The summed E-state index contributed by atoms with van der Waals surface area (Å²) in [6.07, 6.45) is 0. The van der Waals surface area contributed by atoms with Gasteiger partial charge < -0.3 is 0 Å². The van der Waals surface area contributed by atoms with Gasteiger partial charge in [-0.1, -0.05) is 24.3 Å². The number of hydrogen-bond acceptors (Lipinski definition) is 4. The molecule has 1 aliphatic carbocycles. The van der Waals surface area contributed by atoms with Gasteiger partial charge in [-0.3, -0.25) is 9.59 Å². The van der Waals surface area contributed by atoms with Crippen LogP contribution in [0.25, 0.3) is 11.1 Å². The number of allylic oxidation sites excluding steroid dienone is 2. The van der Waals surface area contributed by atoms with Crippen LogP contribution < -0.4 is 0 Å². The summed E-state index contributed by atoms with van der Waals surface area (Å²) in [6, 6.07) is 11.2. The maximum atomic E-state index is 13.4. The average Bonchev–Trinajstić information content (AvgIpc) is 3.11. The SMILES string of the molecule is Cc1sc(I)cc1C1=C(c2cc(I)sc2C)C(=O)c2ccccc2C1=O. The van der Waals surface area contributed by atoms with E-state index in [1.165, 1.54) is 0 Å². The number of ketones is 2. The third-order valence-electron chi connectivity index (χ3n) is 4.43. The number of carbonyl (C=O) groups excluding carboxylic acids is 2. The Morgan fingerprint density at radius 2 is 1.08 bits per heavy atom. The van der Waals surface area contributed by atoms with Crippen molar-refractivity contribution in [1.29, 1.82) is 0 Å². The number of hydrogen-bond donors (Lipinski definition) is 0. The fourth-order valence-electron chi connectivity index (χ4n) is 3.28. The topological polar surface area (TPSA) is 34.1 Å². The lowest BCUT2D eigenvalue weighted by Crippen LogP contribution is -2.21. The summed E-state index contributed by atoms with van der Waals surface area (Å²) < 4.78 is 2.22. The van der Waals surface area contributed by atoms with E-state index in [0.29, 0.717) is 22.3 Å². The Hall–Kier alpha value is -0.840. The Labute approximate surface area is 186 Å². The minimum absolute atomic E-state index is 0.0619. The fraction of sp³-hybridized carbons (Fsp3) is 0.100. The average molecular weight is 602 g/mol. The molecule has 0 fully saturated rings. The predicted molar refractivity (Wildman–Crippen MR) is 125 cm³/mol. The van der Waals surface area contributed by atoms with E-state index in [-0.39, 0.29) is 11.6 Å². The molecule has 1 aliphatic rings. The zero-order valence-electron chi connectivity index (χ0n) is 13.9. The van der Waals surface area contributed by atoms with Crippen molar-refractivity contribution in [2.75, 3.05) is 0 Å². The molecule has 0 spiro atoms. The van der Waals surface area contributed by atoms with Gasteiger partial charge in [0.1, 0.15) is 0 Å². The molecule has 0 amide bonds. The second-order valence-electron chi connectivity index (χ2n) is 5.99. The third-order valence-corrected chi connectivity index (χ3v) is 8.06. The lowest BCUT2D eigenvalue weighted by atomic mass is 9.79. The van der Waals surface area contributed by atoms with Crippen LogP contribution in [0.15, 0.2) is 36.4 Å². The minimum atomic E-state index is -0.0619. The number of aryl methyl sites for hydroxylation is 2. The lowest BCUT2D eigenvalue weighted by molar-refractivity contribution is 0.101. The molecule has 0 atom stereocenters. The van der Waals surface area contributed by atoms with Gasteiger partial charge >= 0.3 is 0 Å². The third kappa shape index (κ3) is 2.94. The second-order valence-corrected chi connectivity index (χ2v) is 12.3. The molecular weight excluding hydrogens is 590 g/mol. The highest BCUT2D eigenvalue weighted by atomic mass is 127. The van der Waals surface area contributed by atoms with E-state index in [1.807, 2.05) is 38.1 Å². The van der Waals surface area contributed by atoms with Gasteiger partial charge in [0.2, 0.25) is 0 Å². The molecular formula is C20H12I2O2S2. The van der Waals surface area contributed by atoms with E-state index in [9.17, 15) is 9.59 Å². The Bertz CT molecular complexity index is 1030. The van der Waals surface area contributed by atoms with E-state index < -0.39 is 0 Å². The molecule has 0 N–H and O–H groups in total. The molecule has 1 aromatic carbocycles. The number of rotatable bonds is 2. The van der Waals surface area contributed by atoms with Crippen molar-refractivity contribution in [3.05, 3.63) is 74.2 Å². The second kappa shape index (κ2) is 6.96. The molecule has 2 nitrogen and oxygen atoms in total. The summed E-state index contributed by atoms with van der Waals surface area (Å²) in [7, 11) is 0. The first-order valence-electron chi connectivity index (χ1n) is 7.83. The molecule has 130 valence electrons. The van der Waals surface area contributed by atoms with Crippen molar-refractivity contribution in [2.45, 2.75) is 13.8 Å². The molecule has 6 heteroatoms. The molecule has 0 saturated carbocycles. The number of fused-ring (bicyclic) bond motifs is 1. The van der Waals surface area contributed by atoms with Crippen LogP contribution in [0.2, 0.25) is 0 Å². The number of benzene rings is 1. The van der Waals surface area contributed by atoms with Crippen molar-refractivity contribution >= 4 is 90.6 Å². The first-order chi connectivity index (χ1) is 12.4. The van der Waals surface area contributed by atoms with Crippen molar-refractivity contribution in [2.24, 2.45) is 0 Å². The first kappa shape index (κ1) is 18.5. The Morgan fingerprint density at radius 1 is 0.692 bits per heavy atom. The standard InChI is InChI=1S/C20H12I2O2S2/c1-9-13(7-15(21)25-9)17-18(14-8-16(22)26-10(14)2)20(24)12-6-4-3-5-11(12)19(17)23/h3-8H,1-2H3. The van der Waals surface area contributed by atoms with Gasteiger partial charge in [-0.05, 0) is 71.2 Å². The van der Waals surface area contributed by atoms with Crippen LogP contribution in [0.1, 0.15) is 41.6 Å². The van der Waals surface area contributed by atoms with Gasteiger partial charge in [0, 0.05) is 43.2 Å². The molecule has 0 unspecified atom stereocenters. The molecule has 0 aliphatic heterocycles. The quantitative estimate of drug-likeness (QED) is 0.309. The highest BCUT2D eigenvalue weighted by Gasteiger charge is 2.35. The van der Waals surface area contributed by atoms with Crippen LogP contribution in [-0.2, 0) is 0 Å². The van der Waals surface area contributed by atoms with Gasteiger partial charge in [-0.15, -0.1) is 22.7 Å². The molecule has 26 heavy (non-hydrogen) atoms. The van der Waals surface area contributed by atoms with E-state index >= 15 is 0 Å². The molecule has 0 bridgehead atoms. The Kier molecular flexibility index (Phi) is 4.96. The Morgan fingerprint density at radius 3 is 1.38 bits per heavy atom. The summed E-state index contributed by atoms with van der Waals surface area (Å²) in [4.78, 5) is 29.0. The number of Topliss-reactive ketones (excluding diaryl/α,β-unsaturated/α-hetero) is 2. The van der Waals surface area contributed by atoms with Crippen LogP contribution in [0.5, 0.6) is 0 Å². The summed E-state index contributed by atoms with van der Waals surface area (Å²) in [6.45, 7) is 4.02. The van der Waals surface area contributed by atoms with Gasteiger partial charge in [0.05, 0.1) is 5.77 Å². The van der Waals surface area contributed by atoms with E-state index in [2.05, 4.69) is 45.2 Å². The first-order valence-corrected chi connectivity index (χ1v) is 11.6. The monoisotopic (exact) mass is 602 g/mol. The Balaban J connectivity index is 2.10. The van der Waals surface area contributed by atoms with E-state index in [4.69, 9.17) is 0 Å². The van der Waals surface area contributed by atoms with Crippen molar-refractivity contribution in [1.82, 2.24) is 0 Å². The van der Waals surface area contributed by atoms with Crippen LogP contribution in [0.3, 0.4) is 0 Å². The van der Waals surface area contributed by atoms with Crippen LogP contribution in [0.4, 0.5) is 0 Å². The van der Waals surface area contributed by atoms with Crippen molar-refractivity contribution < 1.29 is 9.59 Å². The summed E-state index contributed by atoms with van der Waals surface area (Å²) >= 11 is 7.82. The van der Waals surface area contributed by atoms with Crippen LogP contribution in [-0.4, -0.2) is 11.6 Å². The molecule has 3 aromatic rings. The summed E-state index contributed by atoms with van der Waals surface area (Å²) in [5, 5.41) is 0. The van der Waals surface area contributed by atoms with Crippen molar-refractivity contribution in [3.8, 4) is 0 Å². The van der Waals surface area contributed by atoms with Crippen LogP contribution in [0, 0.1) is 19.6 Å². The predicted octanol–water partition coefficient (Wildman–Crippen LogP) is 6.63. The maximum Gasteiger partial charge on any atom is 0.195 e. The van der Waals surface area contributed by atoms with Gasteiger partial charge in [0.25, 0.3) is 0 Å². The van der Waals surface area contributed by atoms with Gasteiger partial charge in [-0.25, -0.2) is 0 Å². The highest BCUT2D eigenvalue weighted by molar-refractivity contribution is 14.1. The normalized spacial score (nSPS) is 14.2.